The summed E-state index contributed by atoms with van der Waals surface area (Å²) in [5.74, 6) is 0.00474. The van der Waals surface area contributed by atoms with Crippen molar-refractivity contribution in [2.45, 2.75) is 33.2 Å². The van der Waals surface area contributed by atoms with Crippen LogP contribution < -0.4 is 31.9 Å². The number of benzene rings is 1. The number of H-pyrrole nitrogens is 1. The number of methoxy groups -OCH3 is 2. The number of nitrogens with one attached hydrogen (secondary N) is 2. The third-order valence-electron chi connectivity index (χ3n) is 4.92. The highest BCUT2D eigenvalue weighted by molar-refractivity contribution is 6.31. The zero-order chi connectivity index (χ0) is 23.8. The predicted octanol–water partition coefficient (Wildman–Crippen LogP) is 1.98. The Balaban J connectivity index is 2.38. The van der Waals surface area contributed by atoms with E-state index in [1.165, 1.54) is 23.7 Å². The first-order chi connectivity index (χ1) is 15.2. The first-order valence-corrected chi connectivity index (χ1v) is 10.6. The van der Waals surface area contributed by atoms with Crippen molar-refractivity contribution in [3.8, 4) is 5.75 Å². The number of nitrogens with zero attached hydrogens (tertiary/aromatic N) is 2. The lowest BCUT2D eigenvalue weighted by molar-refractivity contribution is -0.115. The maximum Gasteiger partial charge on any atom is 0.330 e. The van der Waals surface area contributed by atoms with Crippen LogP contribution in [-0.2, 0) is 16.1 Å². The van der Waals surface area contributed by atoms with Crippen molar-refractivity contribution in [2.24, 2.45) is 0 Å². The highest BCUT2D eigenvalue weighted by atomic mass is 35.5. The predicted molar refractivity (Wildman–Crippen MR) is 126 cm³/mol. The Labute approximate surface area is 191 Å². The molecule has 2 aromatic rings. The van der Waals surface area contributed by atoms with E-state index >= 15 is 0 Å². The zero-order valence-corrected chi connectivity index (χ0v) is 19.5. The van der Waals surface area contributed by atoms with Crippen molar-refractivity contribution in [3.63, 3.8) is 0 Å². The number of aromatic nitrogens is 2. The number of unbranched alkanes of at least 4 members (excludes halogenated alkanes) is 1. The molecule has 2 rings (SSSR count). The molecule has 0 bridgehead atoms. The number of hydrogen-bond acceptors (Lipinski definition) is 7. The maximum absolute atomic E-state index is 12.9. The monoisotopic (exact) mass is 467 g/mol. The van der Waals surface area contributed by atoms with Gasteiger partial charge in [0.25, 0.3) is 5.56 Å². The van der Waals surface area contributed by atoms with E-state index in [0.717, 1.165) is 12.0 Å². The third kappa shape index (κ3) is 6.04. The molecule has 0 aliphatic heterocycles. The first kappa shape index (κ1) is 25.3. The van der Waals surface area contributed by atoms with Gasteiger partial charge in [0.15, 0.2) is 0 Å². The Morgan fingerprint density at radius 3 is 2.66 bits per heavy atom. The molecule has 0 fully saturated rings. The third-order valence-corrected chi connectivity index (χ3v) is 5.33. The molecule has 1 amide bonds. The highest BCUT2D eigenvalue weighted by Crippen LogP contribution is 2.31. The summed E-state index contributed by atoms with van der Waals surface area (Å²) in [5, 5.41) is 3.29. The van der Waals surface area contributed by atoms with Gasteiger partial charge in [-0.25, -0.2) is 4.79 Å². The van der Waals surface area contributed by atoms with E-state index in [1.54, 1.807) is 12.1 Å². The Bertz CT molecular complexity index is 1070. The Morgan fingerprint density at radius 1 is 1.31 bits per heavy atom. The summed E-state index contributed by atoms with van der Waals surface area (Å²) >= 11 is 6.13. The molecule has 32 heavy (non-hydrogen) atoms. The van der Waals surface area contributed by atoms with Gasteiger partial charge < -0.3 is 25.4 Å². The number of hydrogen-bond donors (Lipinski definition) is 3. The van der Waals surface area contributed by atoms with Crippen LogP contribution in [0.25, 0.3) is 0 Å². The number of carbonyl (C=O) groups excluding carboxylic acids is 1. The molecule has 0 radical (unpaired) electrons. The van der Waals surface area contributed by atoms with Crippen LogP contribution in [0.4, 0.5) is 17.2 Å². The van der Waals surface area contributed by atoms with E-state index in [2.05, 4.69) is 10.3 Å². The van der Waals surface area contributed by atoms with Gasteiger partial charge in [0, 0.05) is 31.3 Å². The van der Waals surface area contributed by atoms with Gasteiger partial charge in [-0.15, -0.1) is 0 Å². The Morgan fingerprint density at radius 2 is 2.03 bits per heavy atom. The summed E-state index contributed by atoms with van der Waals surface area (Å²) in [4.78, 5) is 41.5. The summed E-state index contributed by atoms with van der Waals surface area (Å²) in [6, 6.07) is 3.31. The van der Waals surface area contributed by atoms with Gasteiger partial charge in [-0.05, 0) is 25.0 Å². The fraction of sp³-hybridized carbons (Fsp3) is 0.476. The molecular weight excluding hydrogens is 438 g/mol. The van der Waals surface area contributed by atoms with E-state index in [9.17, 15) is 14.4 Å². The van der Waals surface area contributed by atoms with Gasteiger partial charge in [0.2, 0.25) is 5.91 Å². The summed E-state index contributed by atoms with van der Waals surface area (Å²) in [5.41, 5.74) is 6.22. The zero-order valence-electron chi connectivity index (χ0n) is 18.8. The van der Waals surface area contributed by atoms with Crippen LogP contribution in [0.2, 0.25) is 5.02 Å². The minimum atomic E-state index is -0.663. The first-order valence-electron chi connectivity index (χ1n) is 10.2. The van der Waals surface area contributed by atoms with E-state index in [0.29, 0.717) is 29.4 Å². The van der Waals surface area contributed by atoms with Gasteiger partial charge in [-0.2, -0.15) is 0 Å². The normalized spacial score (nSPS) is 10.8. The number of nitrogens with two attached hydrogens (primary N) is 1. The highest BCUT2D eigenvalue weighted by Gasteiger charge is 2.22. The fourth-order valence-electron chi connectivity index (χ4n) is 3.19. The van der Waals surface area contributed by atoms with Crippen molar-refractivity contribution < 1.29 is 14.3 Å². The summed E-state index contributed by atoms with van der Waals surface area (Å²) in [7, 11) is 2.98. The fourth-order valence-corrected chi connectivity index (χ4v) is 3.34. The van der Waals surface area contributed by atoms with E-state index in [1.807, 2.05) is 13.8 Å². The van der Waals surface area contributed by atoms with Gasteiger partial charge >= 0.3 is 5.69 Å². The molecular formula is C21H30ClN5O5. The number of ether oxygens (including phenoxy) is 2. The summed E-state index contributed by atoms with van der Waals surface area (Å²) in [6.45, 7) is 4.39. The smallest absolute Gasteiger partial charge is 0.330 e. The lowest BCUT2D eigenvalue weighted by atomic mass is 10.2. The average Bonchev–Trinajstić information content (AvgIpc) is 2.73. The van der Waals surface area contributed by atoms with Crippen molar-refractivity contribution in [2.75, 3.05) is 49.9 Å². The average molecular weight is 468 g/mol. The van der Waals surface area contributed by atoms with Crippen LogP contribution in [0, 0.1) is 6.92 Å². The number of amides is 1. The Kier molecular flexibility index (Phi) is 9.15. The van der Waals surface area contributed by atoms with Gasteiger partial charge in [-0.1, -0.05) is 24.9 Å². The number of nitrogen functional groups attached to an aromatic ring is 1. The maximum atomic E-state index is 12.9. The molecule has 1 aromatic heterocycles. The number of aryl methyl sites for hydroxylation is 1. The lowest BCUT2D eigenvalue weighted by Gasteiger charge is -2.25. The second kappa shape index (κ2) is 11.6. The van der Waals surface area contributed by atoms with Gasteiger partial charge in [0.1, 0.15) is 17.3 Å². The van der Waals surface area contributed by atoms with Crippen LogP contribution in [0.3, 0.4) is 0 Å². The second-order valence-electron chi connectivity index (χ2n) is 7.26. The SMILES string of the molecule is CCCCn1c(N)c(N(CCOC)CC(=O)Nc2cc(C)c(Cl)cc2OC)c(=O)[nH]c1=O. The van der Waals surface area contributed by atoms with Crippen molar-refractivity contribution >= 4 is 34.7 Å². The largest absolute Gasteiger partial charge is 0.495 e. The number of aromatic amines is 1. The number of anilines is 3. The topological polar surface area (TPSA) is 132 Å². The van der Waals surface area contributed by atoms with E-state index in [-0.39, 0.29) is 31.2 Å². The minimum Gasteiger partial charge on any atom is -0.495 e. The standard InChI is InChI=1S/C21H30ClN5O5/c1-5-6-7-27-19(23)18(20(29)25-21(27)30)26(8-9-31-3)12-17(28)24-15-10-13(2)14(22)11-16(15)32-4/h10-11H,5-9,12,23H2,1-4H3,(H,24,28)(H,25,29,30). The molecule has 0 saturated carbocycles. The Hall–Kier alpha value is -2.98. The molecule has 4 N–H and O–H groups in total. The lowest BCUT2D eigenvalue weighted by Crippen LogP contribution is -2.42. The van der Waals surface area contributed by atoms with Crippen molar-refractivity contribution in [1.29, 1.82) is 0 Å². The van der Waals surface area contributed by atoms with Crippen LogP contribution in [0.15, 0.2) is 21.7 Å². The van der Waals surface area contributed by atoms with E-state index in [4.69, 9.17) is 26.8 Å². The molecule has 0 spiro atoms. The minimum absolute atomic E-state index is 0.0102. The number of carbonyl (C=O) groups is 1. The molecule has 11 heteroatoms. The molecule has 1 heterocycles. The number of halogens is 1. The molecule has 0 aliphatic carbocycles. The second-order valence-corrected chi connectivity index (χ2v) is 7.67. The molecule has 10 nitrogen and oxygen atoms in total. The van der Waals surface area contributed by atoms with E-state index < -0.39 is 17.2 Å². The van der Waals surface area contributed by atoms with Crippen molar-refractivity contribution in [3.05, 3.63) is 43.6 Å². The molecule has 0 aliphatic rings. The number of rotatable bonds is 11. The molecule has 0 atom stereocenters. The van der Waals surface area contributed by atoms with Crippen LogP contribution in [-0.4, -0.2) is 49.4 Å². The molecule has 176 valence electrons. The van der Waals surface area contributed by atoms with Gasteiger partial charge in [0.05, 0.1) is 25.9 Å². The summed E-state index contributed by atoms with van der Waals surface area (Å²) in [6.07, 6.45) is 1.56. The van der Waals surface area contributed by atoms with Crippen molar-refractivity contribution in [1.82, 2.24) is 9.55 Å². The summed E-state index contributed by atoms with van der Waals surface area (Å²) < 4.78 is 11.7. The molecule has 0 unspecified atom stereocenters. The van der Waals surface area contributed by atoms with Crippen LogP contribution >= 0.6 is 11.6 Å². The van der Waals surface area contributed by atoms with Crippen LogP contribution in [0.1, 0.15) is 25.3 Å². The molecule has 0 saturated heterocycles. The van der Waals surface area contributed by atoms with Gasteiger partial charge in [-0.3, -0.25) is 19.1 Å². The van der Waals surface area contributed by atoms with Crippen LogP contribution in [0.5, 0.6) is 5.75 Å². The quantitative estimate of drug-likeness (QED) is 0.460. The molecule has 1 aromatic carbocycles.